The molecule has 1 aliphatic heterocycles. The van der Waals surface area contributed by atoms with Crippen molar-refractivity contribution in [2.45, 2.75) is 12.8 Å². The van der Waals surface area contributed by atoms with Crippen molar-refractivity contribution in [2.24, 2.45) is 0 Å². The highest BCUT2D eigenvalue weighted by Gasteiger charge is 2.19. The van der Waals surface area contributed by atoms with Gasteiger partial charge in [0.2, 0.25) is 5.95 Å². The highest BCUT2D eigenvalue weighted by molar-refractivity contribution is 5.84. The zero-order valence-electron chi connectivity index (χ0n) is 19.7. The highest BCUT2D eigenvalue weighted by atomic mass is 19.1. The van der Waals surface area contributed by atoms with E-state index in [4.69, 9.17) is 4.74 Å². The van der Waals surface area contributed by atoms with Crippen LogP contribution in [0.4, 0.5) is 10.3 Å². The number of aromatic nitrogens is 3. The number of fused-ring (bicyclic) bond motifs is 1. The monoisotopic (exact) mass is 470 g/mol. The van der Waals surface area contributed by atoms with Crippen LogP contribution in [-0.2, 0) is 6.42 Å². The Morgan fingerprint density at radius 2 is 1.89 bits per heavy atom. The second-order valence-electron chi connectivity index (χ2n) is 8.73. The molecular formula is C27H27FN6O. The Morgan fingerprint density at radius 1 is 1.09 bits per heavy atom. The van der Waals surface area contributed by atoms with Crippen molar-refractivity contribution < 1.29 is 9.13 Å². The summed E-state index contributed by atoms with van der Waals surface area (Å²) >= 11 is 0. The minimum atomic E-state index is -0.337. The molecule has 2 aromatic heterocycles. The molecule has 0 unspecified atom stereocenters. The average molecular weight is 471 g/mol. The maximum absolute atomic E-state index is 13.5. The summed E-state index contributed by atoms with van der Waals surface area (Å²) in [4.78, 5) is 17.1. The Hall–Kier alpha value is -3.96. The van der Waals surface area contributed by atoms with Crippen LogP contribution in [0.15, 0.2) is 55.0 Å². The maximum atomic E-state index is 13.5. The lowest BCUT2D eigenvalue weighted by Gasteiger charge is -2.34. The van der Waals surface area contributed by atoms with Gasteiger partial charge in [-0.15, -0.1) is 0 Å². The van der Waals surface area contributed by atoms with E-state index in [-0.39, 0.29) is 5.82 Å². The summed E-state index contributed by atoms with van der Waals surface area (Å²) in [5.74, 6) is 0.838. The number of rotatable bonds is 7. The van der Waals surface area contributed by atoms with E-state index in [2.05, 4.69) is 37.0 Å². The molecule has 2 aromatic carbocycles. The molecule has 7 nitrogen and oxygen atoms in total. The molecule has 0 bridgehead atoms. The Balaban J connectivity index is 1.14. The maximum Gasteiger partial charge on any atom is 0.225 e. The third-order valence-corrected chi connectivity index (χ3v) is 6.58. The van der Waals surface area contributed by atoms with Gasteiger partial charge in [-0.3, -0.25) is 4.90 Å². The van der Waals surface area contributed by atoms with Crippen molar-refractivity contribution in [2.75, 3.05) is 44.7 Å². The van der Waals surface area contributed by atoms with Crippen molar-refractivity contribution in [1.82, 2.24) is 19.9 Å². The van der Waals surface area contributed by atoms with Crippen LogP contribution in [0.3, 0.4) is 0 Å². The van der Waals surface area contributed by atoms with Gasteiger partial charge in [-0.25, -0.2) is 14.4 Å². The number of methoxy groups -OCH3 is 1. The number of ether oxygens (including phenoxy) is 1. The number of halogens is 1. The van der Waals surface area contributed by atoms with Crippen LogP contribution in [0, 0.1) is 17.1 Å². The number of piperazine rings is 1. The minimum absolute atomic E-state index is 0.337. The smallest absolute Gasteiger partial charge is 0.225 e. The van der Waals surface area contributed by atoms with E-state index in [1.807, 2.05) is 18.2 Å². The SMILES string of the molecule is COc1cc(F)ccc1-c1cnc(N2CCN(CCCc3c[nH]c4ccc(C#N)cc34)CC2)nc1. The van der Waals surface area contributed by atoms with Gasteiger partial charge in [-0.2, -0.15) is 5.26 Å². The Morgan fingerprint density at radius 3 is 2.63 bits per heavy atom. The molecule has 4 aromatic rings. The number of anilines is 1. The quantitative estimate of drug-likeness (QED) is 0.431. The normalized spacial score (nSPS) is 14.3. The van der Waals surface area contributed by atoms with Gasteiger partial charge in [-0.1, -0.05) is 0 Å². The second-order valence-corrected chi connectivity index (χ2v) is 8.73. The predicted molar refractivity (Wildman–Crippen MR) is 134 cm³/mol. The molecule has 0 atom stereocenters. The van der Waals surface area contributed by atoms with Gasteiger partial charge >= 0.3 is 0 Å². The lowest BCUT2D eigenvalue weighted by atomic mass is 10.1. The first-order valence-corrected chi connectivity index (χ1v) is 11.8. The first-order chi connectivity index (χ1) is 17.1. The van der Waals surface area contributed by atoms with Crippen molar-refractivity contribution in [3.05, 3.63) is 71.9 Å². The molecule has 5 rings (SSSR count). The molecular weight excluding hydrogens is 443 g/mol. The molecule has 0 spiro atoms. The van der Waals surface area contributed by atoms with Crippen LogP contribution in [-0.4, -0.2) is 59.7 Å². The van der Waals surface area contributed by atoms with E-state index in [1.165, 1.54) is 24.8 Å². The average Bonchev–Trinajstić information content (AvgIpc) is 3.31. The molecule has 1 aliphatic rings. The lowest BCUT2D eigenvalue weighted by molar-refractivity contribution is 0.254. The summed E-state index contributed by atoms with van der Waals surface area (Å²) < 4.78 is 18.8. The van der Waals surface area contributed by atoms with Crippen LogP contribution in [0.2, 0.25) is 0 Å². The van der Waals surface area contributed by atoms with Crippen molar-refractivity contribution >= 4 is 16.9 Å². The molecule has 1 N–H and O–H groups in total. The molecule has 0 amide bonds. The lowest BCUT2D eigenvalue weighted by Crippen LogP contribution is -2.47. The molecule has 0 saturated carbocycles. The number of nitriles is 1. The van der Waals surface area contributed by atoms with Gasteiger partial charge in [0.25, 0.3) is 0 Å². The Bertz CT molecular complexity index is 1350. The molecule has 35 heavy (non-hydrogen) atoms. The van der Waals surface area contributed by atoms with E-state index in [0.29, 0.717) is 17.3 Å². The number of aryl methyl sites for hydroxylation is 1. The van der Waals surface area contributed by atoms with Crippen molar-refractivity contribution in [3.63, 3.8) is 0 Å². The first kappa shape index (κ1) is 22.8. The third-order valence-electron chi connectivity index (χ3n) is 6.58. The Kier molecular flexibility index (Phi) is 6.59. The fourth-order valence-electron chi connectivity index (χ4n) is 4.65. The second kappa shape index (κ2) is 10.1. The number of nitrogens with zero attached hydrogens (tertiary/aromatic N) is 5. The van der Waals surface area contributed by atoms with Gasteiger partial charge in [0.15, 0.2) is 0 Å². The summed E-state index contributed by atoms with van der Waals surface area (Å²) in [6, 6.07) is 12.5. The fraction of sp³-hybridized carbons (Fsp3) is 0.296. The number of benzene rings is 2. The van der Waals surface area contributed by atoms with Crippen molar-refractivity contribution in [3.8, 4) is 22.9 Å². The van der Waals surface area contributed by atoms with Crippen LogP contribution >= 0.6 is 0 Å². The van der Waals surface area contributed by atoms with Gasteiger partial charge in [0.05, 0.1) is 18.7 Å². The zero-order chi connectivity index (χ0) is 24.2. The first-order valence-electron chi connectivity index (χ1n) is 11.8. The largest absolute Gasteiger partial charge is 0.496 e. The van der Waals surface area contributed by atoms with Crippen LogP contribution in [0.1, 0.15) is 17.5 Å². The summed E-state index contributed by atoms with van der Waals surface area (Å²) in [5.41, 5.74) is 4.60. The Labute approximate surface area is 203 Å². The molecule has 1 saturated heterocycles. The number of nitrogens with one attached hydrogen (secondary N) is 1. The van der Waals surface area contributed by atoms with Gasteiger partial charge in [-0.05, 0) is 55.3 Å². The topological polar surface area (TPSA) is 81.1 Å². The highest BCUT2D eigenvalue weighted by Crippen LogP contribution is 2.30. The van der Waals surface area contributed by atoms with E-state index >= 15 is 0 Å². The van der Waals surface area contributed by atoms with Gasteiger partial charge < -0.3 is 14.6 Å². The van der Waals surface area contributed by atoms with E-state index < -0.39 is 0 Å². The van der Waals surface area contributed by atoms with E-state index in [9.17, 15) is 9.65 Å². The summed E-state index contributed by atoms with van der Waals surface area (Å²) in [6.45, 7) is 4.70. The van der Waals surface area contributed by atoms with Crippen LogP contribution in [0.5, 0.6) is 5.75 Å². The summed E-state index contributed by atoms with van der Waals surface area (Å²) in [7, 11) is 1.53. The van der Waals surface area contributed by atoms with Gasteiger partial charge in [0, 0.05) is 72.9 Å². The molecule has 0 aliphatic carbocycles. The van der Waals surface area contributed by atoms with Crippen molar-refractivity contribution in [1.29, 1.82) is 5.26 Å². The molecule has 3 heterocycles. The fourth-order valence-corrected chi connectivity index (χ4v) is 4.65. The molecule has 0 radical (unpaired) electrons. The number of hydrogen-bond donors (Lipinski definition) is 1. The summed E-state index contributed by atoms with van der Waals surface area (Å²) in [5, 5.41) is 10.3. The number of hydrogen-bond acceptors (Lipinski definition) is 6. The van der Waals surface area contributed by atoms with E-state index in [1.54, 1.807) is 18.5 Å². The van der Waals surface area contributed by atoms with E-state index in [0.717, 1.165) is 67.6 Å². The third kappa shape index (κ3) is 4.96. The predicted octanol–water partition coefficient (Wildman–Crippen LogP) is 4.40. The summed E-state index contributed by atoms with van der Waals surface area (Å²) in [6.07, 6.45) is 7.64. The van der Waals surface area contributed by atoms with Crippen LogP contribution < -0.4 is 9.64 Å². The molecule has 178 valence electrons. The van der Waals surface area contributed by atoms with Gasteiger partial charge in [0.1, 0.15) is 11.6 Å². The zero-order valence-corrected chi connectivity index (χ0v) is 19.7. The number of aromatic amines is 1. The minimum Gasteiger partial charge on any atom is -0.496 e. The van der Waals surface area contributed by atoms with Crippen LogP contribution in [0.25, 0.3) is 22.0 Å². The standard InChI is InChI=1S/C27H27FN6O/c1-35-26-14-22(28)5-6-23(26)21-17-31-27(32-18-21)34-11-9-33(10-12-34)8-2-3-20-16-30-25-7-4-19(15-29)13-24(20)25/h4-7,13-14,16-18,30H,2-3,8-12H2,1H3. The molecule has 8 heteroatoms. The molecule has 1 fully saturated rings. The number of H-pyrrole nitrogens is 1.